The van der Waals surface area contributed by atoms with E-state index in [-0.39, 0.29) is 23.9 Å². The van der Waals surface area contributed by atoms with Crippen LogP contribution in [0.2, 0.25) is 0 Å². The first-order valence-corrected chi connectivity index (χ1v) is 11.5. The maximum absolute atomic E-state index is 13.3. The molecule has 0 aliphatic heterocycles. The molecular weight excluding hydrogens is 412 g/mol. The molecule has 2 aliphatic rings. The van der Waals surface area contributed by atoms with E-state index in [0.717, 1.165) is 37.3 Å². The van der Waals surface area contributed by atoms with Crippen LogP contribution in [0.4, 0.5) is 0 Å². The second-order valence-corrected chi connectivity index (χ2v) is 9.48. The fourth-order valence-electron chi connectivity index (χ4n) is 3.76. The van der Waals surface area contributed by atoms with Gasteiger partial charge in [-0.25, -0.2) is 9.97 Å². The highest BCUT2D eigenvalue weighted by atomic mass is 32.1. The van der Waals surface area contributed by atoms with E-state index in [1.165, 1.54) is 11.3 Å². The standard InChI is InChI=1S/C22H26N6O2S/c1-25-11-9-23-19(25)13-27(15-3-4-15)21(29)17-7-8-18(31-17)22(30)28(16-5-6-16)14-20-24-10-12-26(20)2/h7-12,15-16H,3-6,13-14H2,1-2H3. The van der Waals surface area contributed by atoms with Crippen molar-refractivity contribution in [3.8, 4) is 0 Å². The highest BCUT2D eigenvalue weighted by molar-refractivity contribution is 7.15. The number of hydrogen-bond donors (Lipinski definition) is 0. The molecule has 0 aromatic carbocycles. The highest BCUT2D eigenvalue weighted by Crippen LogP contribution is 2.33. The third kappa shape index (κ3) is 4.14. The fraction of sp³-hybridized carbons (Fsp3) is 0.455. The summed E-state index contributed by atoms with van der Waals surface area (Å²) in [7, 11) is 3.88. The molecule has 3 aromatic rings. The normalized spacial score (nSPS) is 15.8. The average Bonchev–Trinajstić information content (AvgIpc) is 3.66. The molecule has 0 atom stereocenters. The second kappa shape index (κ2) is 7.96. The highest BCUT2D eigenvalue weighted by Gasteiger charge is 2.36. The average molecular weight is 439 g/mol. The minimum Gasteiger partial charge on any atom is -0.337 e. The van der Waals surface area contributed by atoms with Gasteiger partial charge < -0.3 is 18.9 Å². The van der Waals surface area contributed by atoms with Crippen LogP contribution in [0.1, 0.15) is 56.7 Å². The van der Waals surface area contributed by atoms with Gasteiger partial charge in [0.05, 0.1) is 22.8 Å². The quantitative estimate of drug-likeness (QED) is 0.542. The number of aromatic nitrogens is 4. The van der Waals surface area contributed by atoms with Gasteiger partial charge in [-0.2, -0.15) is 0 Å². The first kappa shape index (κ1) is 20.0. The summed E-state index contributed by atoms with van der Waals surface area (Å²) in [6, 6.07) is 4.11. The number of nitrogens with zero attached hydrogens (tertiary/aromatic N) is 6. The van der Waals surface area contributed by atoms with Crippen molar-refractivity contribution in [1.29, 1.82) is 0 Å². The van der Waals surface area contributed by atoms with Crippen LogP contribution in [-0.2, 0) is 27.2 Å². The summed E-state index contributed by atoms with van der Waals surface area (Å²) in [5.74, 6) is 1.69. The second-order valence-electron chi connectivity index (χ2n) is 8.40. The van der Waals surface area contributed by atoms with E-state index in [1.54, 1.807) is 24.5 Å². The van der Waals surface area contributed by atoms with Crippen LogP contribution in [-0.4, -0.2) is 52.8 Å². The molecule has 0 N–H and O–H groups in total. The van der Waals surface area contributed by atoms with E-state index in [1.807, 2.05) is 45.4 Å². The molecule has 2 amide bonds. The van der Waals surface area contributed by atoms with E-state index in [9.17, 15) is 9.59 Å². The van der Waals surface area contributed by atoms with Crippen molar-refractivity contribution in [3.63, 3.8) is 0 Å². The molecular formula is C22H26N6O2S. The topological polar surface area (TPSA) is 76.3 Å². The molecule has 0 saturated heterocycles. The van der Waals surface area contributed by atoms with Gasteiger partial charge in [-0.05, 0) is 37.8 Å². The lowest BCUT2D eigenvalue weighted by Gasteiger charge is -2.22. The van der Waals surface area contributed by atoms with Gasteiger partial charge in [0.15, 0.2) is 0 Å². The monoisotopic (exact) mass is 438 g/mol. The summed E-state index contributed by atoms with van der Waals surface area (Å²) in [5, 5.41) is 0. The van der Waals surface area contributed by atoms with Gasteiger partial charge in [-0.3, -0.25) is 9.59 Å². The molecule has 9 heteroatoms. The summed E-state index contributed by atoms with van der Waals surface area (Å²) < 4.78 is 3.88. The summed E-state index contributed by atoms with van der Waals surface area (Å²) in [4.78, 5) is 40.3. The molecule has 8 nitrogen and oxygen atoms in total. The Morgan fingerprint density at radius 2 is 1.29 bits per heavy atom. The van der Waals surface area contributed by atoms with Crippen LogP contribution in [0.3, 0.4) is 0 Å². The number of rotatable bonds is 8. The van der Waals surface area contributed by atoms with Crippen LogP contribution in [0.5, 0.6) is 0 Å². The van der Waals surface area contributed by atoms with Gasteiger partial charge in [0.1, 0.15) is 11.6 Å². The van der Waals surface area contributed by atoms with Gasteiger partial charge in [-0.1, -0.05) is 0 Å². The van der Waals surface area contributed by atoms with Crippen molar-refractivity contribution in [2.45, 2.75) is 50.9 Å². The Hall–Kier alpha value is -2.94. The molecule has 0 unspecified atom stereocenters. The largest absolute Gasteiger partial charge is 0.337 e. The third-order valence-electron chi connectivity index (χ3n) is 5.99. The Balaban J connectivity index is 1.33. The minimum atomic E-state index is -0.0170. The van der Waals surface area contributed by atoms with Gasteiger partial charge in [0.25, 0.3) is 11.8 Å². The number of carbonyl (C=O) groups excluding carboxylic acids is 2. The van der Waals surface area contributed by atoms with Gasteiger partial charge in [0, 0.05) is 51.0 Å². The van der Waals surface area contributed by atoms with E-state index in [0.29, 0.717) is 22.8 Å². The van der Waals surface area contributed by atoms with Crippen LogP contribution in [0.15, 0.2) is 36.9 Å². The predicted octanol–water partition coefficient (Wildman–Crippen LogP) is 2.82. The number of thiophene rings is 1. The van der Waals surface area contributed by atoms with Crippen molar-refractivity contribution < 1.29 is 9.59 Å². The SMILES string of the molecule is Cn1ccnc1CN(C(=O)c1ccc(C(=O)N(Cc2nccn2C)C2CC2)s1)C1CC1. The summed E-state index contributed by atoms with van der Waals surface area (Å²) in [6.45, 7) is 0.975. The Morgan fingerprint density at radius 3 is 1.61 bits per heavy atom. The van der Waals surface area contributed by atoms with Gasteiger partial charge in [-0.15, -0.1) is 11.3 Å². The molecule has 2 saturated carbocycles. The molecule has 0 radical (unpaired) electrons. The molecule has 2 fully saturated rings. The Labute approximate surface area is 185 Å². The van der Waals surface area contributed by atoms with Crippen LogP contribution in [0.25, 0.3) is 0 Å². The Bertz CT molecular complexity index is 1020. The van der Waals surface area contributed by atoms with E-state index >= 15 is 0 Å². The first-order chi connectivity index (χ1) is 15.0. The van der Waals surface area contributed by atoms with Crippen LogP contribution < -0.4 is 0 Å². The lowest BCUT2D eigenvalue weighted by atomic mass is 10.3. The molecule has 0 bridgehead atoms. The van der Waals surface area contributed by atoms with Crippen molar-refractivity contribution in [2.24, 2.45) is 14.1 Å². The van der Waals surface area contributed by atoms with Crippen molar-refractivity contribution in [3.05, 3.63) is 58.3 Å². The molecule has 2 aliphatic carbocycles. The van der Waals surface area contributed by atoms with Crippen molar-refractivity contribution >= 4 is 23.2 Å². The van der Waals surface area contributed by atoms with E-state index in [4.69, 9.17) is 0 Å². The van der Waals surface area contributed by atoms with Crippen LogP contribution in [0, 0.1) is 0 Å². The molecule has 3 heterocycles. The van der Waals surface area contributed by atoms with Gasteiger partial charge in [0.2, 0.25) is 0 Å². The lowest BCUT2D eigenvalue weighted by molar-refractivity contribution is 0.0723. The molecule has 3 aromatic heterocycles. The number of aryl methyl sites for hydroxylation is 2. The van der Waals surface area contributed by atoms with Crippen LogP contribution >= 0.6 is 11.3 Å². The molecule has 162 valence electrons. The van der Waals surface area contributed by atoms with Crippen molar-refractivity contribution in [2.75, 3.05) is 0 Å². The molecule has 0 spiro atoms. The number of hydrogen-bond acceptors (Lipinski definition) is 5. The third-order valence-corrected chi connectivity index (χ3v) is 7.05. The zero-order valence-electron chi connectivity index (χ0n) is 17.8. The van der Waals surface area contributed by atoms with E-state index < -0.39 is 0 Å². The summed E-state index contributed by atoms with van der Waals surface area (Å²) in [5.41, 5.74) is 0. The molecule has 5 rings (SSSR count). The molecule has 31 heavy (non-hydrogen) atoms. The Kier molecular flexibility index (Phi) is 5.13. The van der Waals surface area contributed by atoms with Gasteiger partial charge >= 0.3 is 0 Å². The number of imidazole rings is 2. The predicted molar refractivity (Wildman–Crippen MR) is 117 cm³/mol. The Morgan fingerprint density at radius 1 is 0.871 bits per heavy atom. The maximum atomic E-state index is 13.3. The summed E-state index contributed by atoms with van der Waals surface area (Å²) >= 11 is 1.29. The zero-order valence-corrected chi connectivity index (χ0v) is 18.6. The number of carbonyl (C=O) groups is 2. The smallest absolute Gasteiger partial charge is 0.264 e. The first-order valence-electron chi connectivity index (χ1n) is 10.7. The fourth-order valence-corrected chi connectivity index (χ4v) is 4.68. The number of amides is 2. The minimum absolute atomic E-state index is 0.0170. The maximum Gasteiger partial charge on any atom is 0.264 e. The van der Waals surface area contributed by atoms with E-state index in [2.05, 4.69) is 9.97 Å². The zero-order chi connectivity index (χ0) is 21.5. The lowest BCUT2D eigenvalue weighted by Crippen LogP contribution is -2.33. The summed E-state index contributed by atoms with van der Waals surface area (Å²) in [6.07, 6.45) is 11.4. The van der Waals surface area contributed by atoms with Crippen molar-refractivity contribution in [1.82, 2.24) is 28.9 Å².